The first kappa shape index (κ1) is 16.8. The largest absolute Gasteiger partial charge is 0.490 e. The van der Waals surface area contributed by atoms with E-state index in [0.29, 0.717) is 17.9 Å². The average Bonchev–Trinajstić information content (AvgIpc) is 2.37. The van der Waals surface area contributed by atoms with Gasteiger partial charge in [0.1, 0.15) is 0 Å². The van der Waals surface area contributed by atoms with Gasteiger partial charge in [-0.05, 0) is 25.0 Å². The second kappa shape index (κ2) is 8.12. The molecule has 0 heterocycles. The predicted octanol–water partition coefficient (Wildman–Crippen LogP) is 4.22. The molecular formula is C14H16Cl2O4. The molecule has 0 atom stereocenters. The van der Waals surface area contributed by atoms with E-state index in [9.17, 15) is 9.59 Å². The Morgan fingerprint density at radius 3 is 2.30 bits per heavy atom. The number of carbonyl (C=O) groups is 2. The SMILES string of the molecule is CCCOc1c(Cl)cc(C(=O)CCCC(=O)O)cc1Cl. The van der Waals surface area contributed by atoms with Crippen molar-refractivity contribution < 1.29 is 19.4 Å². The molecule has 0 aliphatic heterocycles. The molecule has 0 amide bonds. The van der Waals surface area contributed by atoms with Crippen molar-refractivity contribution in [2.75, 3.05) is 6.61 Å². The highest BCUT2D eigenvalue weighted by atomic mass is 35.5. The number of carboxylic acid groups (broad SMARTS) is 1. The number of carboxylic acids is 1. The summed E-state index contributed by atoms with van der Waals surface area (Å²) in [6, 6.07) is 3.00. The van der Waals surface area contributed by atoms with Crippen LogP contribution in [0.5, 0.6) is 5.75 Å². The van der Waals surface area contributed by atoms with Crippen LogP contribution in [0, 0.1) is 0 Å². The van der Waals surface area contributed by atoms with Crippen LogP contribution in [-0.4, -0.2) is 23.5 Å². The Morgan fingerprint density at radius 1 is 1.20 bits per heavy atom. The minimum Gasteiger partial charge on any atom is -0.490 e. The Balaban J connectivity index is 2.76. The molecule has 0 spiro atoms. The van der Waals surface area contributed by atoms with Crippen LogP contribution in [0.1, 0.15) is 43.0 Å². The Hall–Kier alpha value is -1.26. The summed E-state index contributed by atoms with van der Waals surface area (Å²) in [6.45, 7) is 2.45. The van der Waals surface area contributed by atoms with Crippen molar-refractivity contribution in [2.45, 2.75) is 32.6 Å². The molecule has 0 unspecified atom stereocenters. The molecule has 0 aromatic heterocycles. The first-order valence-corrected chi connectivity index (χ1v) is 7.08. The summed E-state index contributed by atoms with van der Waals surface area (Å²) in [4.78, 5) is 22.3. The third-order valence-corrected chi connectivity index (χ3v) is 3.13. The van der Waals surface area contributed by atoms with Crippen LogP contribution in [0.4, 0.5) is 0 Å². The van der Waals surface area contributed by atoms with Crippen LogP contribution in [0.2, 0.25) is 10.0 Å². The van der Waals surface area contributed by atoms with Crippen LogP contribution < -0.4 is 4.74 Å². The Labute approximate surface area is 127 Å². The van der Waals surface area contributed by atoms with E-state index >= 15 is 0 Å². The third kappa shape index (κ3) is 5.02. The maximum atomic E-state index is 11.9. The lowest BCUT2D eigenvalue weighted by molar-refractivity contribution is -0.137. The highest BCUT2D eigenvalue weighted by Crippen LogP contribution is 2.34. The smallest absolute Gasteiger partial charge is 0.303 e. The van der Waals surface area contributed by atoms with Crippen LogP contribution in [0.3, 0.4) is 0 Å². The molecule has 0 radical (unpaired) electrons. The molecule has 6 heteroatoms. The fraction of sp³-hybridized carbons (Fsp3) is 0.429. The zero-order chi connectivity index (χ0) is 15.1. The molecule has 1 aromatic rings. The zero-order valence-electron chi connectivity index (χ0n) is 11.1. The molecule has 0 bridgehead atoms. The van der Waals surface area contributed by atoms with Gasteiger partial charge in [-0.25, -0.2) is 0 Å². The molecule has 0 saturated heterocycles. The number of carbonyl (C=O) groups excluding carboxylic acids is 1. The van der Waals surface area contributed by atoms with Crippen molar-refractivity contribution in [3.8, 4) is 5.75 Å². The molecule has 0 saturated carbocycles. The fourth-order valence-corrected chi connectivity index (χ4v) is 2.20. The molecule has 4 nitrogen and oxygen atoms in total. The Kier molecular flexibility index (Phi) is 6.82. The van der Waals surface area contributed by atoms with Gasteiger partial charge in [-0.3, -0.25) is 9.59 Å². The number of ether oxygens (including phenoxy) is 1. The summed E-state index contributed by atoms with van der Waals surface area (Å²) >= 11 is 12.1. The molecular weight excluding hydrogens is 303 g/mol. The monoisotopic (exact) mass is 318 g/mol. The topological polar surface area (TPSA) is 63.6 Å². The van der Waals surface area contributed by atoms with Gasteiger partial charge in [-0.2, -0.15) is 0 Å². The second-order valence-electron chi connectivity index (χ2n) is 4.29. The minimum absolute atomic E-state index is 0.0368. The number of hydrogen-bond acceptors (Lipinski definition) is 3. The summed E-state index contributed by atoms with van der Waals surface area (Å²) < 4.78 is 5.41. The van der Waals surface area contributed by atoms with E-state index in [1.54, 1.807) is 0 Å². The second-order valence-corrected chi connectivity index (χ2v) is 5.10. The van der Waals surface area contributed by atoms with E-state index in [-0.39, 0.29) is 35.1 Å². The molecule has 0 aliphatic carbocycles. The minimum atomic E-state index is -0.919. The van der Waals surface area contributed by atoms with E-state index in [2.05, 4.69) is 0 Å². The number of aliphatic carboxylic acids is 1. The first-order chi connectivity index (χ1) is 9.45. The van der Waals surface area contributed by atoms with Crippen molar-refractivity contribution in [3.63, 3.8) is 0 Å². The number of halogens is 2. The van der Waals surface area contributed by atoms with Gasteiger partial charge in [0.05, 0.1) is 16.7 Å². The summed E-state index contributed by atoms with van der Waals surface area (Å²) in [7, 11) is 0. The maximum Gasteiger partial charge on any atom is 0.303 e. The Bertz CT molecular complexity index is 477. The molecule has 20 heavy (non-hydrogen) atoms. The van der Waals surface area contributed by atoms with Crippen LogP contribution in [0.25, 0.3) is 0 Å². The highest BCUT2D eigenvalue weighted by molar-refractivity contribution is 6.37. The number of benzene rings is 1. The summed E-state index contributed by atoms with van der Waals surface area (Å²) in [5, 5.41) is 9.10. The third-order valence-electron chi connectivity index (χ3n) is 2.57. The van der Waals surface area contributed by atoms with Crippen molar-refractivity contribution in [1.29, 1.82) is 0 Å². The normalized spacial score (nSPS) is 10.3. The van der Waals surface area contributed by atoms with Gasteiger partial charge in [0.25, 0.3) is 0 Å². The van der Waals surface area contributed by atoms with Crippen molar-refractivity contribution >= 4 is 35.0 Å². The van der Waals surface area contributed by atoms with Gasteiger partial charge >= 0.3 is 5.97 Å². The molecule has 0 aliphatic rings. The lowest BCUT2D eigenvalue weighted by atomic mass is 10.1. The molecule has 110 valence electrons. The van der Waals surface area contributed by atoms with Gasteiger partial charge < -0.3 is 9.84 Å². The van der Waals surface area contributed by atoms with E-state index in [4.69, 9.17) is 33.0 Å². The van der Waals surface area contributed by atoms with Crippen molar-refractivity contribution in [2.24, 2.45) is 0 Å². The number of ketones is 1. The molecule has 0 fully saturated rings. The standard InChI is InChI=1S/C14H16Cl2O4/c1-2-6-20-14-10(15)7-9(8-11(14)16)12(17)4-3-5-13(18)19/h7-8H,2-6H2,1H3,(H,18,19). The van der Waals surface area contributed by atoms with Crippen LogP contribution >= 0.6 is 23.2 Å². The van der Waals surface area contributed by atoms with E-state index in [1.807, 2.05) is 6.92 Å². The lowest BCUT2D eigenvalue weighted by Crippen LogP contribution is -2.03. The predicted molar refractivity (Wildman–Crippen MR) is 78.1 cm³/mol. The zero-order valence-corrected chi connectivity index (χ0v) is 12.6. The van der Waals surface area contributed by atoms with E-state index in [1.165, 1.54) is 12.1 Å². The Morgan fingerprint density at radius 2 is 1.80 bits per heavy atom. The molecule has 1 aromatic carbocycles. The summed E-state index contributed by atoms with van der Waals surface area (Å²) in [5.74, 6) is -0.730. The average molecular weight is 319 g/mol. The molecule has 1 N–H and O–H groups in total. The van der Waals surface area contributed by atoms with Gasteiger partial charge in [0, 0.05) is 18.4 Å². The highest BCUT2D eigenvalue weighted by Gasteiger charge is 2.14. The van der Waals surface area contributed by atoms with Crippen molar-refractivity contribution in [1.82, 2.24) is 0 Å². The van der Waals surface area contributed by atoms with Gasteiger partial charge in [0.15, 0.2) is 11.5 Å². The first-order valence-electron chi connectivity index (χ1n) is 6.32. The quantitative estimate of drug-likeness (QED) is 0.729. The number of hydrogen-bond donors (Lipinski definition) is 1. The van der Waals surface area contributed by atoms with Gasteiger partial charge in [-0.1, -0.05) is 30.1 Å². The lowest BCUT2D eigenvalue weighted by Gasteiger charge is -2.10. The van der Waals surface area contributed by atoms with Gasteiger partial charge in [0.2, 0.25) is 0 Å². The van der Waals surface area contributed by atoms with Gasteiger partial charge in [-0.15, -0.1) is 0 Å². The van der Waals surface area contributed by atoms with Crippen LogP contribution in [0.15, 0.2) is 12.1 Å². The van der Waals surface area contributed by atoms with Crippen molar-refractivity contribution in [3.05, 3.63) is 27.7 Å². The number of rotatable bonds is 8. The fourth-order valence-electron chi connectivity index (χ4n) is 1.61. The molecule has 1 rings (SSSR count). The number of Topliss-reactive ketones (excluding diaryl/α,β-unsaturated/α-hetero) is 1. The maximum absolute atomic E-state index is 11.9. The van der Waals surface area contributed by atoms with E-state index < -0.39 is 5.97 Å². The summed E-state index contributed by atoms with van der Waals surface area (Å²) in [6.07, 6.45) is 1.22. The summed E-state index contributed by atoms with van der Waals surface area (Å²) in [5.41, 5.74) is 0.370. The van der Waals surface area contributed by atoms with E-state index in [0.717, 1.165) is 6.42 Å². The van der Waals surface area contributed by atoms with Crippen LogP contribution in [-0.2, 0) is 4.79 Å².